The second-order valence-corrected chi connectivity index (χ2v) is 5.24. The highest BCUT2D eigenvalue weighted by molar-refractivity contribution is 6.39. The van der Waals surface area contributed by atoms with Crippen LogP contribution >= 0.6 is 0 Å². The topological polar surface area (TPSA) is 76.0 Å². The average molecular weight is 340 g/mol. The van der Waals surface area contributed by atoms with Crippen LogP contribution in [0.5, 0.6) is 0 Å². The summed E-state index contributed by atoms with van der Waals surface area (Å²) in [4.78, 5) is 23.7. The van der Waals surface area contributed by atoms with Gasteiger partial charge in [-0.05, 0) is 31.5 Å². The number of carbonyl (C=O) groups excluding carboxylic acids is 2. The predicted molar refractivity (Wildman–Crippen MR) is 79.4 cm³/mol. The first kappa shape index (κ1) is 17.5. The van der Waals surface area contributed by atoms with Crippen LogP contribution in [0.2, 0.25) is 0 Å². The number of rotatable bonds is 3. The zero-order valence-electron chi connectivity index (χ0n) is 13.2. The first-order chi connectivity index (χ1) is 11.2. The standard InChI is InChI=1S/C15H15F3N4O2/c1-7-4-12(22(3)21-7)20-15(24)14(23)19-8(2)9-5-10(16)13(18)11(17)6-9/h4-6,8H,1-3H3,(H,19,23)(H,20,24)/t8-/m1/s1. The zero-order chi connectivity index (χ0) is 18.0. The monoisotopic (exact) mass is 340 g/mol. The lowest BCUT2D eigenvalue weighted by molar-refractivity contribution is -0.136. The van der Waals surface area contributed by atoms with Crippen LogP contribution in [0, 0.1) is 24.4 Å². The molecule has 0 saturated heterocycles. The molecular formula is C15H15F3N4O2. The van der Waals surface area contributed by atoms with E-state index in [2.05, 4.69) is 15.7 Å². The van der Waals surface area contributed by atoms with E-state index in [-0.39, 0.29) is 5.56 Å². The summed E-state index contributed by atoms with van der Waals surface area (Å²) in [5, 5.41) is 8.65. The van der Waals surface area contributed by atoms with Crippen LogP contribution in [0.4, 0.5) is 19.0 Å². The quantitative estimate of drug-likeness (QED) is 0.662. The Morgan fingerprint density at radius 2 is 1.71 bits per heavy atom. The minimum Gasteiger partial charge on any atom is -0.341 e. The summed E-state index contributed by atoms with van der Waals surface area (Å²) in [6, 6.07) is 2.18. The molecule has 2 rings (SSSR count). The van der Waals surface area contributed by atoms with E-state index in [4.69, 9.17) is 0 Å². The molecule has 0 saturated carbocycles. The molecule has 0 aliphatic carbocycles. The number of halogens is 3. The third kappa shape index (κ3) is 3.73. The predicted octanol–water partition coefficient (Wildman–Crippen LogP) is 1.96. The van der Waals surface area contributed by atoms with Crippen molar-refractivity contribution in [3.8, 4) is 0 Å². The van der Waals surface area contributed by atoms with Gasteiger partial charge in [-0.3, -0.25) is 14.3 Å². The molecule has 1 heterocycles. The highest BCUT2D eigenvalue weighted by Gasteiger charge is 2.20. The van der Waals surface area contributed by atoms with Gasteiger partial charge in [0.1, 0.15) is 5.82 Å². The molecule has 0 aliphatic heterocycles. The van der Waals surface area contributed by atoms with Crippen molar-refractivity contribution in [2.24, 2.45) is 7.05 Å². The minimum atomic E-state index is -1.60. The Morgan fingerprint density at radius 3 is 2.21 bits per heavy atom. The van der Waals surface area contributed by atoms with E-state index in [0.717, 1.165) is 12.1 Å². The summed E-state index contributed by atoms with van der Waals surface area (Å²) in [5.41, 5.74) is 0.641. The normalized spacial score (nSPS) is 11.9. The Hall–Kier alpha value is -2.84. The van der Waals surface area contributed by atoms with Gasteiger partial charge < -0.3 is 10.6 Å². The molecule has 1 aromatic carbocycles. The maximum atomic E-state index is 13.2. The second-order valence-electron chi connectivity index (χ2n) is 5.24. The summed E-state index contributed by atoms with van der Waals surface area (Å²) in [6.07, 6.45) is 0. The van der Waals surface area contributed by atoms with E-state index in [1.165, 1.54) is 11.6 Å². The first-order valence-corrected chi connectivity index (χ1v) is 6.96. The number of nitrogens with one attached hydrogen (secondary N) is 2. The molecule has 0 bridgehead atoms. The lowest BCUT2D eigenvalue weighted by atomic mass is 10.1. The smallest absolute Gasteiger partial charge is 0.314 e. The lowest BCUT2D eigenvalue weighted by Crippen LogP contribution is -2.37. The van der Waals surface area contributed by atoms with Gasteiger partial charge in [0.05, 0.1) is 11.7 Å². The van der Waals surface area contributed by atoms with E-state index < -0.39 is 35.3 Å². The molecule has 24 heavy (non-hydrogen) atoms. The summed E-state index contributed by atoms with van der Waals surface area (Å²) in [5.74, 6) is -6.00. The number of hydrogen-bond donors (Lipinski definition) is 2. The van der Waals surface area contributed by atoms with Crippen molar-refractivity contribution in [1.29, 1.82) is 0 Å². The average Bonchev–Trinajstić information content (AvgIpc) is 2.81. The van der Waals surface area contributed by atoms with Gasteiger partial charge in [0.2, 0.25) is 0 Å². The molecule has 2 N–H and O–H groups in total. The van der Waals surface area contributed by atoms with Crippen LogP contribution in [0.15, 0.2) is 18.2 Å². The number of amides is 2. The van der Waals surface area contributed by atoms with Crippen LogP contribution in [0.1, 0.15) is 24.2 Å². The molecule has 0 unspecified atom stereocenters. The Kier molecular flexibility index (Phi) is 4.91. The van der Waals surface area contributed by atoms with Crippen molar-refractivity contribution in [3.63, 3.8) is 0 Å². The molecular weight excluding hydrogens is 325 g/mol. The van der Waals surface area contributed by atoms with Crippen molar-refractivity contribution < 1.29 is 22.8 Å². The number of aromatic nitrogens is 2. The maximum Gasteiger partial charge on any atom is 0.314 e. The third-order valence-corrected chi connectivity index (χ3v) is 3.30. The summed E-state index contributed by atoms with van der Waals surface area (Å²) in [7, 11) is 1.59. The van der Waals surface area contributed by atoms with Crippen molar-refractivity contribution >= 4 is 17.6 Å². The van der Waals surface area contributed by atoms with Gasteiger partial charge in [-0.25, -0.2) is 13.2 Å². The molecule has 0 aliphatic rings. The molecule has 0 radical (unpaired) electrons. The summed E-state index contributed by atoms with van der Waals surface area (Å²) >= 11 is 0. The van der Waals surface area contributed by atoms with Gasteiger partial charge in [-0.15, -0.1) is 0 Å². The minimum absolute atomic E-state index is 0.0103. The fourth-order valence-electron chi connectivity index (χ4n) is 2.07. The molecule has 1 atom stereocenters. The highest BCUT2D eigenvalue weighted by Crippen LogP contribution is 2.19. The van der Waals surface area contributed by atoms with Gasteiger partial charge in [-0.1, -0.05) is 0 Å². The van der Waals surface area contributed by atoms with E-state index >= 15 is 0 Å². The van der Waals surface area contributed by atoms with Gasteiger partial charge in [0.15, 0.2) is 17.5 Å². The third-order valence-electron chi connectivity index (χ3n) is 3.30. The number of nitrogens with zero attached hydrogens (tertiary/aromatic N) is 2. The van der Waals surface area contributed by atoms with Crippen molar-refractivity contribution in [2.45, 2.75) is 19.9 Å². The van der Waals surface area contributed by atoms with Crippen molar-refractivity contribution in [3.05, 3.63) is 46.9 Å². The molecule has 2 amide bonds. The fourth-order valence-corrected chi connectivity index (χ4v) is 2.07. The molecule has 0 spiro atoms. The van der Waals surface area contributed by atoms with Crippen LogP contribution in [0.25, 0.3) is 0 Å². The van der Waals surface area contributed by atoms with Gasteiger partial charge in [0, 0.05) is 13.1 Å². The Labute approximate surface area is 135 Å². The van der Waals surface area contributed by atoms with E-state index in [1.807, 2.05) is 0 Å². The number of benzene rings is 1. The Balaban J connectivity index is 2.05. The van der Waals surface area contributed by atoms with Gasteiger partial charge in [-0.2, -0.15) is 5.10 Å². The molecule has 128 valence electrons. The van der Waals surface area contributed by atoms with Crippen LogP contribution < -0.4 is 10.6 Å². The lowest BCUT2D eigenvalue weighted by Gasteiger charge is -2.14. The largest absolute Gasteiger partial charge is 0.341 e. The SMILES string of the molecule is Cc1cc(NC(=O)C(=O)N[C@H](C)c2cc(F)c(F)c(F)c2)n(C)n1. The van der Waals surface area contributed by atoms with E-state index in [9.17, 15) is 22.8 Å². The second kappa shape index (κ2) is 6.73. The Bertz CT molecular complexity index is 781. The molecule has 6 nitrogen and oxygen atoms in total. The summed E-state index contributed by atoms with van der Waals surface area (Å²) in [6.45, 7) is 3.13. The first-order valence-electron chi connectivity index (χ1n) is 6.96. The van der Waals surface area contributed by atoms with Crippen LogP contribution in [-0.4, -0.2) is 21.6 Å². The molecule has 1 aromatic heterocycles. The van der Waals surface area contributed by atoms with Crippen LogP contribution in [0.3, 0.4) is 0 Å². The van der Waals surface area contributed by atoms with Crippen molar-refractivity contribution in [1.82, 2.24) is 15.1 Å². The number of aryl methyl sites for hydroxylation is 2. The molecule has 0 fully saturated rings. The van der Waals surface area contributed by atoms with E-state index in [0.29, 0.717) is 11.5 Å². The molecule has 2 aromatic rings. The van der Waals surface area contributed by atoms with Gasteiger partial charge in [0.25, 0.3) is 0 Å². The van der Waals surface area contributed by atoms with Crippen LogP contribution in [-0.2, 0) is 16.6 Å². The number of anilines is 1. The number of hydrogen-bond acceptors (Lipinski definition) is 3. The zero-order valence-corrected chi connectivity index (χ0v) is 13.2. The fraction of sp³-hybridized carbons (Fsp3) is 0.267. The van der Waals surface area contributed by atoms with E-state index in [1.54, 1.807) is 20.0 Å². The summed E-state index contributed by atoms with van der Waals surface area (Å²) < 4.78 is 40.7. The Morgan fingerprint density at radius 1 is 1.12 bits per heavy atom. The molecule has 9 heteroatoms. The maximum absolute atomic E-state index is 13.2. The number of carbonyl (C=O) groups is 2. The van der Waals surface area contributed by atoms with Crippen molar-refractivity contribution in [2.75, 3.05) is 5.32 Å². The van der Waals surface area contributed by atoms with Gasteiger partial charge >= 0.3 is 11.8 Å². The highest BCUT2D eigenvalue weighted by atomic mass is 19.2.